The lowest BCUT2D eigenvalue weighted by Crippen LogP contribution is -2.40. The van der Waals surface area contributed by atoms with Crippen molar-refractivity contribution in [3.63, 3.8) is 0 Å². The summed E-state index contributed by atoms with van der Waals surface area (Å²) in [6.07, 6.45) is 1.88. The highest BCUT2D eigenvalue weighted by Gasteiger charge is 2.29. The van der Waals surface area contributed by atoms with Gasteiger partial charge in [-0.3, -0.25) is 0 Å². The molecular formula is C44H40O4S2. The quantitative estimate of drug-likeness (QED) is 0.152. The number of benzene rings is 6. The molecule has 1 saturated carbocycles. The van der Waals surface area contributed by atoms with E-state index in [-0.39, 0.29) is 28.2 Å². The second kappa shape index (κ2) is 19.2. The van der Waals surface area contributed by atoms with Gasteiger partial charge in [-0.1, -0.05) is 116 Å². The van der Waals surface area contributed by atoms with Crippen molar-refractivity contribution in [2.45, 2.75) is 55.1 Å². The third-order valence-corrected chi connectivity index (χ3v) is 12.7. The molecule has 0 saturated heterocycles. The van der Waals surface area contributed by atoms with Crippen LogP contribution >= 0.6 is 0 Å². The lowest BCUT2D eigenvalue weighted by Gasteiger charge is -2.29. The van der Waals surface area contributed by atoms with Gasteiger partial charge in [-0.25, -0.2) is 0 Å². The molecule has 0 spiro atoms. The van der Waals surface area contributed by atoms with Gasteiger partial charge in [0.05, 0.1) is 21.8 Å². The van der Waals surface area contributed by atoms with Gasteiger partial charge < -0.3 is 19.8 Å². The van der Waals surface area contributed by atoms with Gasteiger partial charge in [0, 0.05) is 11.9 Å². The summed E-state index contributed by atoms with van der Waals surface area (Å²) >= 11 is 0. The van der Waals surface area contributed by atoms with Crippen LogP contribution in [0.5, 0.6) is 0 Å². The second-order valence-corrected chi connectivity index (χ2v) is 15.7. The zero-order valence-corrected chi connectivity index (χ0v) is 29.4. The van der Waals surface area contributed by atoms with Crippen molar-refractivity contribution in [1.29, 1.82) is 0 Å². The standard InChI is InChI=1S/2C18H15S.C8H12O4/c2*1-4-10-16(11-5-1)19(17-12-6-2-7-13-17)18-14-8-3-9-15-18;9-7(10)5-2-1-3-6(4-5)8(11)12/h2*1-15H;5-6H,1-4H2,(H,9,10)(H,11,12)/q2*+1;/p-2. The smallest absolute Gasteiger partial charge is 0.166 e. The molecule has 252 valence electrons. The molecule has 7 rings (SSSR count). The van der Waals surface area contributed by atoms with Crippen LogP contribution in [0.2, 0.25) is 0 Å². The largest absolute Gasteiger partial charge is 0.550 e. The third-order valence-electron chi connectivity index (χ3n) is 8.21. The van der Waals surface area contributed by atoms with Crippen molar-refractivity contribution in [3.05, 3.63) is 182 Å². The minimum absolute atomic E-state index is 0.0146. The molecule has 0 N–H and O–H groups in total. The van der Waals surface area contributed by atoms with Gasteiger partial charge in [0.2, 0.25) is 0 Å². The van der Waals surface area contributed by atoms with Crippen LogP contribution in [-0.2, 0) is 31.4 Å². The Balaban J connectivity index is 0.000000150. The van der Waals surface area contributed by atoms with E-state index >= 15 is 0 Å². The van der Waals surface area contributed by atoms with E-state index in [1.165, 1.54) is 29.4 Å². The average molecular weight is 697 g/mol. The highest BCUT2D eigenvalue weighted by Crippen LogP contribution is 2.32. The normalized spacial score (nSPS) is 15.2. The summed E-state index contributed by atoms with van der Waals surface area (Å²) in [5, 5.41) is 20.8. The van der Waals surface area contributed by atoms with Crippen molar-refractivity contribution >= 4 is 33.7 Å². The number of carbonyl (C=O) groups excluding carboxylic acids is 2. The second-order valence-electron chi connectivity index (χ2n) is 11.7. The maximum absolute atomic E-state index is 10.4. The lowest BCUT2D eigenvalue weighted by molar-refractivity contribution is -0.317. The molecule has 0 amide bonds. The summed E-state index contributed by atoms with van der Waals surface area (Å²) < 4.78 is 0. The van der Waals surface area contributed by atoms with Crippen LogP contribution in [0.15, 0.2) is 211 Å². The Kier molecular flexibility index (Phi) is 13.9. The maximum Gasteiger partial charge on any atom is 0.166 e. The molecule has 1 fully saturated rings. The molecule has 2 atom stereocenters. The van der Waals surface area contributed by atoms with Gasteiger partial charge in [0.15, 0.2) is 29.4 Å². The minimum atomic E-state index is -1.14. The number of carboxylic acid groups (broad SMARTS) is 2. The van der Waals surface area contributed by atoms with Gasteiger partial charge in [0.25, 0.3) is 0 Å². The van der Waals surface area contributed by atoms with E-state index in [0.717, 1.165) is 0 Å². The van der Waals surface area contributed by atoms with Crippen molar-refractivity contribution in [3.8, 4) is 0 Å². The Morgan fingerprint density at radius 3 is 0.760 bits per heavy atom. The van der Waals surface area contributed by atoms with Crippen LogP contribution in [0.4, 0.5) is 0 Å². The lowest BCUT2D eigenvalue weighted by atomic mass is 9.81. The van der Waals surface area contributed by atoms with Crippen LogP contribution in [-0.4, -0.2) is 11.9 Å². The van der Waals surface area contributed by atoms with E-state index in [9.17, 15) is 19.8 Å². The fourth-order valence-corrected chi connectivity index (χ4v) is 9.98. The van der Waals surface area contributed by atoms with Gasteiger partial charge in [0.1, 0.15) is 0 Å². The molecule has 1 aliphatic rings. The van der Waals surface area contributed by atoms with Gasteiger partial charge in [-0.05, 0) is 104 Å². The SMILES string of the molecule is O=C([O-])C1CCCC(C(=O)[O-])C1.c1ccc([S+](c2ccccc2)c2ccccc2)cc1.c1ccc([S+](c2ccccc2)c2ccccc2)cc1. The van der Waals surface area contributed by atoms with E-state index in [1.54, 1.807) is 0 Å². The van der Waals surface area contributed by atoms with Gasteiger partial charge >= 0.3 is 0 Å². The molecular weight excluding hydrogens is 657 g/mol. The maximum atomic E-state index is 10.4. The predicted octanol–water partition coefficient (Wildman–Crippen LogP) is 7.86. The van der Waals surface area contributed by atoms with E-state index in [0.29, 0.717) is 19.3 Å². The number of rotatable bonds is 8. The Morgan fingerprint density at radius 2 is 0.580 bits per heavy atom. The molecule has 50 heavy (non-hydrogen) atoms. The summed E-state index contributed by atoms with van der Waals surface area (Å²) in [6.45, 7) is 0. The molecule has 0 radical (unpaired) electrons. The molecule has 4 nitrogen and oxygen atoms in total. The summed E-state index contributed by atoms with van der Waals surface area (Å²) in [7, 11) is -0.0293. The predicted molar refractivity (Wildman–Crippen MR) is 198 cm³/mol. The Morgan fingerprint density at radius 1 is 0.380 bits per heavy atom. The van der Waals surface area contributed by atoms with E-state index in [1.807, 2.05) is 0 Å². The van der Waals surface area contributed by atoms with Gasteiger partial charge in [-0.2, -0.15) is 0 Å². The molecule has 0 heterocycles. The molecule has 6 aromatic carbocycles. The highest BCUT2D eigenvalue weighted by molar-refractivity contribution is 7.97. The Hall–Kier alpha value is -5.04. The van der Waals surface area contributed by atoms with E-state index in [2.05, 4.69) is 182 Å². The Bertz CT molecular complexity index is 1530. The molecule has 0 bridgehead atoms. The molecule has 2 unspecified atom stereocenters. The van der Waals surface area contributed by atoms with Crippen molar-refractivity contribution in [2.24, 2.45) is 11.8 Å². The van der Waals surface area contributed by atoms with Crippen LogP contribution in [0.1, 0.15) is 25.7 Å². The highest BCUT2D eigenvalue weighted by atomic mass is 32.2. The van der Waals surface area contributed by atoms with Crippen LogP contribution < -0.4 is 10.2 Å². The van der Waals surface area contributed by atoms with Crippen LogP contribution in [0, 0.1) is 11.8 Å². The zero-order valence-electron chi connectivity index (χ0n) is 27.8. The molecule has 1 aliphatic carbocycles. The summed E-state index contributed by atoms with van der Waals surface area (Å²) in [5.74, 6) is -3.47. The molecule has 0 aromatic heterocycles. The number of hydrogen-bond acceptors (Lipinski definition) is 4. The summed E-state index contributed by atoms with van der Waals surface area (Å²) in [4.78, 5) is 29.0. The summed E-state index contributed by atoms with van der Waals surface area (Å²) in [6, 6.07) is 64.3. The first-order valence-electron chi connectivity index (χ1n) is 16.7. The van der Waals surface area contributed by atoms with Gasteiger partial charge in [-0.15, -0.1) is 0 Å². The number of aliphatic carboxylic acids is 2. The van der Waals surface area contributed by atoms with Crippen molar-refractivity contribution in [2.75, 3.05) is 0 Å². The first-order valence-corrected chi connectivity index (χ1v) is 19.2. The van der Waals surface area contributed by atoms with E-state index in [4.69, 9.17) is 0 Å². The van der Waals surface area contributed by atoms with Crippen LogP contribution in [0.25, 0.3) is 0 Å². The molecule has 0 aliphatic heterocycles. The number of hydrogen-bond donors (Lipinski definition) is 0. The third kappa shape index (κ3) is 10.5. The molecule has 6 heteroatoms. The van der Waals surface area contributed by atoms with Crippen molar-refractivity contribution in [1.82, 2.24) is 0 Å². The van der Waals surface area contributed by atoms with Crippen LogP contribution in [0.3, 0.4) is 0 Å². The fraction of sp³-hybridized carbons (Fsp3) is 0.136. The molecule has 6 aromatic rings. The number of carboxylic acids is 2. The first kappa shape index (κ1) is 36.2. The zero-order chi connectivity index (χ0) is 35.0. The topological polar surface area (TPSA) is 80.3 Å². The Labute approximate surface area is 301 Å². The van der Waals surface area contributed by atoms with E-state index < -0.39 is 23.8 Å². The minimum Gasteiger partial charge on any atom is -0.550 e. The monoisotopic (exact) mass is 696 g/mol. The first-order chi connectivity index (χ1) is 24.5. The number of carbonyl (C=O) groups is 2. The van der Waals surface area contributed by atoms with Crippen molar-refractivity contribution < 1.29 is 19.8 Å². The average Bonchev–Trinajstić information content (AvgIpc) is 3.18. The summed E-state index contributed by atoms with van der Waals surface area (Å²) in [5.41, 5.74) is 0. The fourth-order valence-electron chi connectivity index (χ4n) is 5.77.